The summed E-state index contributed by atoms with van der Waals surface area (Å²) in [6.45, 7) is 0. The van der Waals surface area contributed by atoms with Crippen molar-refractivity contribution in [3.05, 3.63) is 81.2 Å². The Balaban J connectivity index is 1.89. The largest absolute Gasteiger partial charge is 0.478 e. The van der Waals surface area contributed by atoms with Gasteiger partial charge < -0.3 is 5.11 Å². The number of fused-ring (bicyclic) bond motifs is 2. The SMILES string of the molecule is O=C(O)c1ccc2nc3c(c(=O)n2c1)CCCC3=Cc1ccc(F)cc1. The lowest BCUT2D eigenvalue weighted by Crippen LogP contribution is -2.25. The zero-order valence-corrected chi connectivity index (χ0v) is 13.8. The third-order valence-electron chi connectivity index (χ3n) is 4.55. The molecule has 0 radical (unpaired) electrons. The van der Waals surface area contributed by atoms with Crippen molar-refractivity contribution in [3.63, 3.8) is 0 Å². The molecular weight excluding hydrogens is 335 g/mol. The van der Waals surface area contributed by atoms with Gasteiger partial charge in [-0.1, -0.05) is 12.1 Å². The second kappa shape index (κ2) is 6.22. The third kappa shape index (κ3) is 2.79. The summed E-state index contributed by atoms with van der Waals surface area (Å²) in [5, 5.41) is 9.13. The predicted molar refractivity (Wildman–Crippen MR) is 95.6 cm³/mol. The van der Waals surface area contributed by atoms with Crippen LogP contribution in [-0.4, -0.2) is 20.5 Å². The van der Waals surface area contributed by atoms with Gasteiger partial charge in [-0.2, -0.15) is 0 Å². The number of halogens is 1. The van der Waals surface area contributed by atoms with Crippen molar-refractivity contribution in [1.29, 1.82) is 0 Å². The van der Waals surface area contributed by atoms with Crippen LogP contribution >= 0.6 is 0 Å². The summed E-state index contributed by atoms with van der Waals surface area (Å²) in [5.41, 5.74) is 3.22. The van der Waals surface area contributed by atoms with Crippen molar-refractivity contribution in [3.8, 4) is 0 Å². The van der Waals surface area contributed by atoms with Gasteiger partial charge in [0.25, 0.3) is 5.56 Å². The molecule has 0 atom stereocenters. The summed E-state index contributed by atoms with van der Waals surface area (Å²) in [5.74, 6) is -1.39. The molecule has 0 saturated carbocycles. The van der Waals surface area contributed by atoms with Crippen LogP contribution in [-0.2, 0) is 6.42 Å². The molecule has 5 nitrogen and oxygen atoms in total. The minimum absolute atomic E-state index is 0.0410. The van der Waals surface area contributed by atoms with Crippen LogP contribution < -0.4 is 5.56 Å². The van der Waals surface area contributed by atoms with Crippen LogP contribution in [0.4, 0.5) is 4.39 Å². The molecule has 0 unspecified atom stereocenters. The molecule has 0 bridgehead atoms. The first-order chi connectivity index (χ1) is 12.5. The number of carbonyl (C=O) groups is 1. The van der Waals surface area contributed by atoms with Crippen LogP contribution in [0.15, 0.2) is 47.4 Å². The van der Waals surface area contributed by atoms with Gasteiger partial charge in [0.15, 0.2) is 0 Å². The number of benzene rings is 1. The zero-order chi connectivity index (χ0) is 18.3. The maximum atomic E-state index is 13.1. The second-order valence-corrected chi connectivity index (χ2v) is 6.27. The van der Waals surface area contributed by atoms with E-state index in [1.54, 1.807) is 12.1 Å². The van der Waals surface area contributed by atoms with Crippen LogP contribution in [0, 0.1) is 5.82 Å². The first-order valence-electron chi connectivity index (χ1n) is 8.28. The number of hydrogen-bond donors (Lipinski definition) is 1. The van der Waals surface area contributed by atoms with Gasteiger partial charge in [0.1, 0.15) is 11.5 Å². The molecule has 1 aromatic carbocycles. The Morgan fingerprint density at radius 2 is 1.92 bits per heavy atom. The highest BCUT2D eigenvalue weighted by atomic mass is 19.1. The molecule has 1 aliphatic rings. The maximum absolute atomic E-state index is 13.1. The average molecular weight is 350 g/mol. The van der Waals surface area contributed by atoms with Crippen LogP contribution in [0.3, 0.4) is 0 Å². The zero-order valence-electron chi connectivity index (χ0n) is 13.8. The van der Waals surface area contributed by atoms with Crippen molar-refractivity contribution in [2.75, 3.05) is 0 Å². The molecule has 0 fully saturated rings. The highest BCUT2D eigenvalue weighted by molar-refractivity contribution is 5.88. The van der Waals surface area contributed by atoms with Crippen LogP contribution in [0.25, 0.3) is 17.3 Å². The normalized spacial score (nSPS) is 15.2. The van der Waals surface area contributed by atoms with Crippen LogP contribution in [0.2, 0.25) is 0 Å². The Morgan fingerprint density at radius 3 is 2.65 bits per heavy atom. The molecule has 1 aliphatic carbocycles. The Morgan fingerprint density at radius 1 is 1.15 bits per heavy atom. The summed E-state index contributed by atoms with van der Waals surface area (Å²) in [4.78, 5) is 28.6. The molecule has 3 aromatic rings. The minimum Gasteiger partial charge on any atom is -0.478 e. The Hall–Kier alpha value is -3.28. The summed E-state index contributed by atoms with van der Waals surface area (Å²) in [6, 6.07) is 9.13. The first kappa shape index (κ1) is 16.2. The maximum Gasteiger partial charge on any atom is 0.337 e. The Kier molecular flexibility index (Phi) is 3.88. The highest BCUT2D eigenvalue weighted by Gasteiger charge is 2.21. The van der Waals surface area contributed by atoms with E-state index in [-0.39, 0.29) is 16.9 Å². The number of hydrogen-bond acceptors (Lipinski definition) is 3. The Labute approximate surface area is 148 Å². The smallest absolute Gasteiger partial charge is 0.337 e. The average Bonchev–Trinajstić information content (AvgIpc) is 2.64. The van der Waals surface area contributed by atoms with E-state index in [0.717, 1.165) is 24.0 Å². The second-order valence-electron chi connectivity index (χ2n) is 6.27. The summed E-state index contributed by atoms with van der Waals surface area (Å²) >= 11 is 0. The van der Waals surface area contributed by atoms with Crippen molar-refractivity contribution in [2.24, 2.45) is 0 Å². The molecule has 4 rings (SSSR count). The standard InChI is InChI=1S/C20H15FN2O3/c21-15-7-4-12(5-8-15)10-13-2-1-3-16-18(13)22-17-9-6-14(20(25)26)11-23(17)19(16)24/h4-11H,1-3H2,(H,25,26). The lowest BCUT2D eigenvalue weighted by molar-refractivity contribution is 0.0696. The molecule has 0 amide bonds. The minimum atomic E-state index is -1.09. The van der Waals surface area contributed by atoms with Gasteiger partial charge in [0, 0.05) is 11.8 Å². The first-order valence-corrected chi connectivity index (χ1v) is 8.28. The van der Waals surface area contributed by atoms with Gasteiger partial charge in [-0.05, 0) is 60.7 Å². The van der Waals surface area contributed by atoms with Gasteiger partial charge >= 0.3 is 5.97 Å². The fourth-order valence-corrected chi connectivity index (χ4v) is 3.27. The molecule has 0 aliphatic heterocycles. The van der Waals surface area contributed by atoms with Crippen molar-refractivity contribution in [2.45, 2.75) is 19.3 Å². The fourth-order valence-electron chi connectivity index (χ4n) is 3.27. The summed E-state index contributed by atoms with van der Waals surface area (Å²) in [6.07, 6.45) is 5.42. The van der Waals surface area contributed by atoms with Crippen molar-refractivity contribution < 1.29 is 14.3 Å². The van der Waals surface area contributed by atoms with Crippen molar-refractivity contribution in [1.82, 2.24) is 9.38 Å². The number of pyridine rings is 1. The van der Waals surface area contributed by atoms with E-state index in [1.165, 1.54) is 34.9 Å². The van der Waals surface area contributed by atoms with Crippen LogP contribution in [0.5, 0.6) is 0 Å². The number of aromatic carboxylic acids is 1. The van der Waals surface area contributed by atoms with E-state index < -0.39 is 5.97 Å². The van der Waals surface area contributed by atoms with Crippen LogP contribution in [0.1, 0.15) is 40.0 Å². The monoisotopic (exact) mass is 350 g/mol. The molecule has 26 heavy (non-hydrogen) atoms. The molecule has 6 heteroatoms. The highest BCUT2D eigenvalue weighted by Crippen LogP contribution is 2.29. The van der Waals surface area contributed by atoms with E-state index in [1.807, 2.05) is 6.08 Å². The fraction of sp³-hybridized carbons (Fsp3) is 0.150. The topological polar surface area (TPSA) is 71.7 Å². The van der Waals surface area contributed by atoms with E-state index in [4.69, 9.17) is 5.11 Å². The number of nitrogens with zero attached hydrogens (tertiary/aromatic N) is 2. The van der Waals surface area contributed by atoms with E-state index in [9.17, 15) is 14.0 Å². The number of allylic oxidation sites excluding steroid dienone is 1. The number of aromatic nitrogens is 2. The lowest BCUT2D eigenvalue weighted by atomic mass is 9.91. The van der Waals surface area contributed by atoms with Gasteiger partial charge in [0.2, 0.25) is 0 Å². The van der Waals surface area contributed by atoms with Gasteiger partial charge in [-0.3, -0.25) is 9.20 Å². The van der Waals surface area contributed by atoms with Gasteiger partial charge in [-0.25, -0.2) is 14.2 Å². The molecule has 1 N–H and O–H groups in total. The van der Waals surface area contributed by atoms with Crippen molar-refractivity contribution >= 4 is 23.3 Å². The molecule has 2 aromatic heterocycles. The quantitative estimate of drug-likeness (QED) is 0.769. The molecule has 130 valence electrons. The molecule has 0 spiro atoms. The third-order valence-corrected chi connectivity index (χ3v) is 4.55. The number of carboxylic acid groups (broad SMARTS) is 1. The lowest BCUT2D eigenvalue weighted by Gasteiger charge is -2.18. The summed E-state index contributed by atoms with van der Waals surface area (Å²) < 4.78 is 14.4. The molecular formula is C20H15FN2O3. The van der Waals surface area contributed by atoms with E-state index in [0.29, 0.717) is 23.3 Å². The Bertz CT molecular complexity index is 1110. The van der Waals surface area contributed by atoms with E-state index >= 15 is 0 Å². The summed E-state index contributed by atoms with van der Waals surface area (Å²) in [7, 11) is 0. The predicted octanol–water partition coefficient (Wildman–Crippen LogP) is 3.41. The molecule has 0 saturated heterocycles. The van der Waals surface area contributed by atoms with E-state index in [2.05, 4.69) is 4.98 Å². The number of carboxylic acids is 1. The van der Waals surface area contributed by atoms with Gasteiger partial charge in [-0.15, -0.1) is 0 Å². The van der Waals surface area contributed by atoms with Gasteiger partial charge in [0.05, 0.1) is 11.3 Å². The molecule has 2 heterocycles. The number of rotatable bonds is 2.